The van der Waals surface area contributed by atoms with Crippen LogP contribution < -0.4 is 10.2 Å². The Balaban J connectivity index is 1.47. The zero-order chi connectivity index (χ0) is 16.5. The summed E-state index contributed by atoms with van der Waals surface area (Å²) in [5.74, 6) is 1.99. The van der Waals surface area contributed by atoms with Gasteiger partial charge < -0.3 is 9.32 Å². The quantitative estimate of drug-likeness (QED) is 0.754. The molecular formula is C15H16N6O2S. The molecule has 1 saturated heterocycles. The Morgan fingerprint density at radius 3 is 3.17 bits per heavy atom. The highest BCUT2D eigenvalue weighted by molar-refractivity contribution is 7.13. The minimum absolute atomic E-state index is 0.121. The maximum Gasteiger partial charge on any atom is 0.249 e. The molecule has 0 saturated carbocycles. The van der Waals surface area contributed by atoms with Crippen LogP contribution in [0.2, 0.25) is 0 Å². The number of nitrogens with one attached hydrogen (secondary N) is 2. The molecule has 1 fully saturated rings. The van der Waals surface area contributed by atoms with Crippen molar-refractivity contribution in [3.8, 4) is 11.6 Å². The topological polar surface area (TPSA) is 99.9 Å². The van der Waals surface area contributed by atoms with Crippen LogP contribution in [0.15, 0.2) is 28.1 Å². The number of nitrogens with zero attached hydrogens (tertiary/aromatic N) is 4. The third-order valence-corrected chi connectivity index (χ3v) is 4.72. The normalized spacial score (nSPS) is 17.4. The number of thiazole rings is 1. The molecule has 1 unspecified atom stereocenters. The summed E-state index contributed by atoms with van der Waals surface area (Å²) < 4.78 is 5.49. The smallest absolute Gasteiger partial charge is 0.249 e. The SMILES string of the molecule is Cc1ccc(-c2nc(NC(=O)C3CCCN3c3nccs3)n[nH]2)o1. The number of hydrogen-bond acceptors (Lipinski definition) is 7. The van der Waals surface area contributed by atoms with Crippen molar-refractivity contribution in [3.05, 3.63) is 29.5 Å². The molecule has 0 aromatic carbocycles. The van der Waals surface area contributed by atoms with Crippen LogP contribution in [-0.4, -0.2) is 38.7 Å². The first kappa shape index (κ1) is 14.9. The summed E-state index contributed by atoms with van der Waals surface area (Å²) in [5.41, 5.74) is 0. The van der Waals surface area contributed by atoms with E-state index in [1.165, 1.54) is 11.3 Å². The monoisotopic (exact) mass is 344 g/mol. The second-order valence-corrected chi connectivity index (χ2v) is 6.45. The molecule has 1 aliphatic heterocycles. The summed E-state index contributed by atoms with van der Waals surface area (Å²) in [6.45, 7) is 2.69. The van der Waals surface area contributed by atoms with Gasteiger partial charge in [-0.05, 0) is 31.9 Å². The number of H-pyrrole nitrogens is 1. The molecule has 1 atom stereocenters. The summed E-state index contributed by atoms with van der Waals surface area (Å²) >= 11 is 1.54. The van der Waals surface area contributed by atoms with E-state index in [1.807, 2.05) is 29.3 Å². The fourth-order valence-corrected chi connectivity index (χ4v) is 3.53. The first-order chi connectivity index (χ1) is 11.7. The number of anilines is 2. The number of amides is 1. The van der Waals surface area contributed by atoms with Gasteiger partial charge in [0.2, 0.25) is 11.9 Å². The second-order valence-electron chi connectivity index (χ2n) is 5.57. The number of aromatic amines is 1. The lowest BCUT2D eigenvalue weighted by Gasteiger charge is -2.22. The number of rotatable bonds is 4. The van der Waals surface area contributed by atoms with Crippen molar-refractivity contribution in [3.63, 3.8) is 0 Å². The van der Waals surface area contributed by atoms with Crippen LogP contribution in [0.25, 0.3) is 11.6 Å². The maximum atomic E-state index is 12.6. The van der Waals surface area contributed by atoms with Crippen LogP contribution in [0.1, 0.15) is 18.6 Å². The van der Waals surface area contributed by atoms with Gasteiger partial charge in [-0.3, -0.25) is 15.2 Å². The summed E-state index contributed by atoms with van der Waals surface area (Å²) in [6.07, 6.45) is 3.50. The molecule has 1 aliphatic rings. The van der Waals surface area contributed by atoms with E-state index in [4.69, 9.17) is 4.42 Å². The summed E-state index contributed by atoms with van der Waals surface area (Å²) in [4.78, 5) is 23.2. The van der Waals surface area contributed by atoms with Crippen molar-refractivity contribution >= 4 is 28.3 Å². The number of furan rings is 1. The van der Waals surface area contributed by atoms with Gasteiger partial charge in [-0.15, -0.1) is 16.4 Å². The van der Waals surface area contributed by atoms with E-state index in [0.717, 1.165) is 30.3 Å². The third kappa shape index (κ3) is 2.78. The van der Waals surface area contributed by atoms with E-state index in [0.29, 0.717) is 11.6 Å². The fourth-order valence-electron chi connectivity index (χ4n) is 2.81. The van der Waals surface area contributed by atoms with Crippen molar-refractivity contribution in [2.75, 3.05) is 16.8 Å². The van der Waals surface area contributed by atoms with Crippen LogP contribution >= 0.6 is 11.3 Å². The Kier molecular flexibility index (Phi) is 3.77. The van der Waals surface area contributed by atoms with E-state index in [1.54, 1.807) is 6.20 Å². The predicted molar refractivity (Wildman–Crippen MR) is 89.9 cm³/mol. The molecule has 0 spiro atoms. The van der Waals surface area contributed by atoms with Gasteiger partial charge in [0.15, 0.2) is 16.7 Å². The van der Waals surface area contributed by atoms with Crippen molar-refractivity contribution in [2.45, 2.75) is 25.8 Å². The fraction of sp³-hybridized carbons (Fsp3) is 0.333. The van der Waals surface area contributed by atoms with Gasteiger partial charge in [0, 0.05) is 18.1 Å². The molecule has 4 rings (SSSR count). The molecule has 24 heavy (non-hydrogen) atoms. The van der Waals surface area contributed by atoms with Gasteiger partial charge in [0.05, 0.1) is 0 Å². The lowest BCUT2D eigenvalue weighted by molar-refractivity contribution is -0.117. The van der Waals surface area contributed by atoms with Crippen molar-refractivity contribution in [1.82, 2.24) is 20.2 Å². The van der Waals surface area contributed by atoms with Gasteiger partial charge >= 0.3 is 0 Å². The minimum atomic E-state index is -0.246. The van der Waals surface area contributed by atoms with Gasteiger partial charge in [-0.1, -0.05) is 0 Å². The molecule has 0 aliphatic carbocycles. The van der Waals surface area contributed by atoms with E-state index in [2.05, 4.69) is 25.5 Å². The van der Waals surface area contributed by atoms with Crippen LogP contribution in [0, 0.1) is 6.92 Å². The van der Waals surface area contributed by atoms with Crippen molar-refractivity contribution in [1.29, 1.82) is 0 Å². The molecule has 8 nitrogen and oxygen atoms in total. The lowest BCUT2D eigenvalue weighted by atomic mass is 10.2. The molecule has 3 aromatic heterocycles. The molecular weight excluding hydrogens is 328 g/mol. The first-order valence-corrected chi connectivity index (χ1v) is 8.55. The summed E-state index contributed by atoms with van der Waals surface area (Å²) in [7, 11) is 0. The zero-order valence-electron chi connectivity index (χ0n) is 13.0. The Hall–Kier alpha value is -2.68. The van der Waals surface area contributed by atoms with E-state index in [-0.39, 0.29) is 17.9 Å². The molecule has 124 valence electrons. The molecule has 1 amide bonds. The Bertz CT molecular complexity index is 840. The standard InChI is InChI=1S/C15H16N6O2S/c1-9-4-5-11(23-9)12-17-14(20-19-12)18-13(22)10-3-2-7-21(10)15-16-6-8-24-15/h4-6,8,10H,2-3,7H2,1H3,(H2,17,18,19,20,22). The Labute approximate surface area is 141 Å². The van der Waals surface area contributed by atoms with Crippen molar-refractivity contribution in [2.24, 2.45) is 0 Å². The third-order valence-electron chi connectivity index (χ3n) is 3.91. The van der Waals surface area contributed by atoms with Gasteiger partial charge in [-0.25, -0.2) is 4.98 Å². The minimum Gasteiger partial charge on any atom is -0.458 e. The molecule has 4 heterocycles. The van der Waals surface area contributed by atoms with E-state index >= 15 is 0 Å². The zero-order valence-corrected chi connectivity index (χ0v) is 13.8. The number of carbonyl (C=O) groups is 1. The first-order valence-electron chi connectivity index (χ1n) is 7.67. The number of hydrogen-bond donors (Lipinski definition) is 2. The van der Waals surface area contributed by atoms with Gasteiger partial charge in [0.25, 0.3) is 0 Å². The van der Waals surface area contributed by atoms with Crippen LogP contribution in [0.5, 0.6) is 0 Å². The van der Waals surface area contributed by atoms with E-state index < -0.39 is 0 Å². The Morgan fingerprint density at radius 2 is 2.42 bits per heavy atom. The van der Waals surface area contributed by atoms with Crippen molar-refractivity contribution < 1.29 is 9.21 Å². The summed E-state index contributed by atoms with van der Waals surface area (Å²) in [6, 6.07) is 3.41. The number of carbonyl (C=O) groups excluding carboxylic acids is 1. The number of aromatic nitrogens is 4. The number of aryl methyl sites for hydroxylation is 1. The molecule has 0 bridgehead atoms. The molecule has 3 aromatic rings. The van der Waals surface area contributed by atoms with E-state index in [9.17, 15) is 4.79 Å². The largest absolute Gasteiger partial charge is 0.458 e. The highest BCUT2D eigenvalue weighted by atomic mass is 32.1. The van der Waals surface area contributed by atoms with Gasteiger partial charge in [-0.2, -0.15) is 4.98 Å². The molecule has 2 N–H and O–H groups in total. The highest BCUT2D eigenvalue weighted by Gasteiger charge is 2.32. The second kappa shape index (κ2) is 6.08. The van der Waals surface area contributed by atoms with Crippen LogP contribution in [-0.2, 0) is 4.79 Å². The molecule has 0 radical (unpaired) electrons. The predicted octanol–water partition coefficient (Wildman–Crippen LogP) is 2.44. The highest BCUT2D eigenvalue weighted by Crippen LogP contribution is 2.28. The Morgan fingerprint density at radius 1 is 1.50 bits per heavy atom. The van der Waals surface area contributed by atoms with Crippen LogP contribution in [0.4, 0.5) is 11.1 Å². The average molecular weight is 344 g/mol. The van der Waals surface area contributed by atoms with Gasteiger partial charge in [0.1, 0.15) is 11.8 Å². The average Bonchev–Trinajstić information content (AvgIpc) is 3.34. The van der Waals surface area contributed by atoms with Crippen LogP contribution in [0.3, 0.4) is 0 Å². The molecule has 9 heteroatoms. The summed E-state index contributed by atoms with van der Waals surface area (Å²) in [5, 5.41) is 12.4. The lowest BCUT2D eigenvalue weighted by Crippen LogP contribution is -2.39. The maximum absolute atomic E-state index is 12.6.